The van der Waals surface area contributed by atoms with Crippen molar-refractivity contribution in [3.05, 3.63) is 0 Å². The van der Waals surface area contributed by atoms with Gasteiger partial charge in [-0.3, -0.25) is 9.69 Å². The third kappa shape index (κ3) is 3.34. The summed E-state index contributed by atoms with van der Waals surface area (Å²) < 4.78 is 17.1. The van der Waals surface area contributed by atoms with Crippen molar-refractivity contribution in [2.45, 2.75) is 57.7 Å². The zero-order valence-corrected chi connectivity index (χ0v) is 17.8. The molecule has 1 amide bonds. The maximum Gasteiger partial charge on any atom is 0.410 e. The molecule has 0 radical (unpaired) electrons. The number of amides is 1. The standard InChI is InChI=1S/C22H34N2O5/c1-3-27-20(26)24-9-7-23(8-10-24)13-16-15-11-18-21(2,12-17(15)29-19(16)25)5-4-6-22(18)14-28-22/h15-18H,3-14H2,1-2H3/p+1/t15-,16-,17-,18-,21-,22+/m1/s1. The largest absolute Gasteiger partial charge is 0.462 e. The lowest BCUT2D eigenvalue weighted by molar-refractivity contribution is -0.906. The quantitative estimate of drug-likeness (QED) is 0.555. The monoisotopic (exact) mass is 407 g/mol. The van der Waals surface area contributed by atoms with Crippen LogP contribution in [0.5, 0.6) is 0 Å². The molecule has 5 fully saturated rings. The van der Waals surface area contributed by atoms with Crippen LogP contribution in [0, 0.1) is 23.2 Å². The first-order valence-corrected chi connectivity index (χ1v) is 11.5. The number of nitrogens with one attached hydrogen (secondary N) is 1. The van der Waals surface area contributed by atoms with Crippen molar-refractivity contribution in [3.8, 4) is 0 Å². The first kappa shape index (κ1) is 19.6. The molecule has 3 saturated heterocycles. The first-order chi connectivity index (χ1) is 13.9. The van der Waals surface area contributed by atoms with Gasteiger partial charge in [-0.1, -0.05) is 6.92 Å². The van der Waals surface area contributed by atoms with Crippen LogP contribution in [0.2, 0.25) is 0 Å². The Morgan fingerprint density at radius 3 is 2.76 bits per heavy atom. The molecule has 3 heterocycles. The number of fused-ring (bicyclic) bond motifs is 3. The predicted octanol–water partition coefficient (Wildman–Crippen LogP) is 0.870. The second-order valence-corrected chi connectivity index (χ2v) is 10.2. The number of piperazine rings is 1. The predicted molar refractivity (Wildman–Crippen MR) is 104 cm³/mol. The number of epoxide rings is 1. The van der Waals surface area contributed by atoms with E-state index in [2.05, 4.69) is 6.92 Å². The van der Waals surface area contributed by atoms with Crippen LogP contribution >= 0.6 is 0 Å². The van der Waals surface area contributed by atoms with Crippen molar-refractivity contribution < 1.29 is 28.7 Å². The molecule has 29 heavy (non-hydrogen) atoms. The van der Waals surface area contributed by atoms with Gasteiger partial charge in [-0.05, 0) is 50.4 Å². The van der Waals surface area contributed by atoms with Crippen molar-refractivity contribution in [2.75, 3.05) is 45.9 Å². The van der Waals surface area contributed by atoms with Gasteiger partial charge in [0.05, 0.1) is 51.5 Å². The number of ether oxygens (including phenoxy) is 3. The van der Waals surface area contributed by atoms with Crippen LogP contribution < -0.4 is 4.90 Å². The molecule has 162 valence electrons. The molecule has 0 aromatic heterocycles. The zero-order chi connectivity index (χ0) is 20.2. The maximum atomic E-state index is 12.8. The van der Waals surface area contributed by atoms with Crippen LogP contribution in [0.25, 0.3) is 0 Å². The number of quaternary nitrogens is 1. The summed E-state index contributed by atoms with van der Waals surface area (Å²) in [4.78, 5) is 27.9. The Bertz CT molecular complexity index is 672. The summed E-state index contributed by atoms with van der Waals surface area (Å²) in [5.74, 6) is 0.896. The third-order valence-electron chi connectivity index (χ3n) is 8.58. The zero-order valence-electron chi connectivity index (χ0n) is 17.8. The fourth-order valence-electron chi connectivity index (χ4n) is 6.93. The number of carbonyl (C=O) groups excluding carboxylic acids is 2. The molecule has 0 bridgehead atoms. The SMILES string of the molecule is CCOC(=O)N1CC[NH+](C[C@H]2C(=O)O[C@@H]3C[C@@]4(C)CCC[C@]5(CO5)[C@@H]4C[C@@H]32)CC1. The number of rotatable bonds is 3. The number of hydrogen-bond donors (Lipinski definition) is 1. The highest BCUT2D eigenvalue weighted by molar-refractivity contribution is 5.75. The molecular formula is C22H35N2O5+. The summed E-state index contributed by atoms with van der Waals surface area (Å²) in [6, 6.07) is 0. The minimum absolute atomic E-state index is 0.00772. The summed E-state index contributed by atoms with van der Waals surface area (Å²) in [5, 5.41) is 0. The topological polar surface area (TPSA) is 72.8 Å². The Balaban J connectivity index is 1.23. The van der Waals surface area contributed by atoms with Crippen molar-refractivity contribution >= 4 is 12.1 Å². The van der Waals surface area contributed by atoms with Gasteiger partial charge in [0.1, 0.15) is 12.0 Å². The highest BCUT2D eigenvalue weighted by Gasteiger charge is 2.65. The Labute approximate surface area is 173 Å². The molecule has 3 aliphatic heterocycles. The minimum atomic E-state index is -0.217. The Hall–Kier alpha value is -1.34. The molecule has 6 atom stereocenters. The molecule has 0 aromatic carbocycles. The van der Waals surface area contributed by atoms with Gasteiger partial charge in [0, 0.05) is 5.92 Å². The number of hydrogen-bond acceptors (Lipinski definition) is 5. The van der Waals surface area contributed by atoms with E-state index in [4.69, 9.17) is 14.2 Å². The Morgan fingerprint density at radius 1 is 1.31 bits per heavy atom. The average molecular weight is 408 g/mol. The molecular weight excluding hydrogens is 372 g/mol. The van der Waals surface area contributed by atoms with Crippen molar-refractivity contribution in [2.24, 2.45) is 23.2 Å². The van der Waals surface area contributed by atoms with Crippen LogP contribution in [-0.4, -0.2) is 74.6 Å². The number of esters is 1. The molecule has 0 unspecified atom stereocenters. The van der Waals surface area contributed by atoms with Crippen molar-refractivity contribution in [3.63, 3.8) is 0 Å². The van der Waals surface area contributed by atoms with Gasteiger partial charge >= 0.3 is 12.1 Å². The van der Waals surface area contributed by atoms with Gasteiger partial charge in [-0.2, -0.15) is 0 Å². The lowest BCUT2D eigenvalue weighted by Gasteiger charge is -2.51. The van der Waals surface area contributed by atoms with Crippen molar-refractivity contribution in [1.29, 1.82) is 0 Å². The summed E-state index contributed by atoms with van der Waals surface area (Å²) in [5.41, 5.74) is 0.357. The molecule has 7 heteroatoms. The third-order valence-corrected chi connectivity index (χ3v) is 8.58. The molecule has 1 N–H and O–H groups in total. The van der Waals surface area contributed by atoms with Gasteiger partial charge in [0.25, 0.3) is 0 Å². The smallest absolute Gasteiger partial charge is 0.410 e. The van der Waals surface area contributed by atoms with Gasteiger partial charge in [0.2, 0.25) is 0 Å². The molecule has 2 aliphatic carbocycles. The Kier molecular flexibility index (Phi) is 4.81. The van der Waals surface area contributed by atoms with Gasteiger partial charge in [-0.15, -0.1) is 0 Å². The van der Waals surface area contributed by atoms with Crippen LogP contribution in [0.4, 0.5) is 4.79 Å². The van der Waals surface area contributed by atoms with Crippen LogP contribution in [0.3, 0.4) is 0 Å². The normalized spacial score (nSPS) is 44.2. The van der Waals surface area contributed by atoms with E-state index < -0.39 is 0 Å². The molecule has 1 spiro atoms. The van der Waals surface area contributed by atoms with Crippen LogP contribution in [0.15, 0.2) is 0 Å². The van der Waals surface area contributed by atoms with E-state index in [-0.39, 0.29) is 35.1 Å². The minimum Gasteiger partial charge on any atom is -0.462 e. The average Bonchev–Trinajstić information content (AvgIpc) is 3.40. The van der Waals surface area contributed by atoms with Crippen molar-refractivity contribution in [1.82, 2.24) is 4.90 Å². The highest BCUT2D eigenvalue weighted by atomic mass is 16.6. The van der Waals surface area contributed by atoms with E-state index in [0.717, 1.165) is 39.1 Å². The second kappa shape index (κ2) is 7.12. The fourth-order valence-corrected chi connectivity index (χ4v) is 6.93. The summed E-state index contributed by atoms with van der Waals surface area (Å²) >= 11 is 0. The Morgan fingerprint density at radius 2 is 2.07 bits per heavy atom. The first-order valence-electron chi connectivity index (χ1n) is 11.5. The van der Waals surface area contributed by atoms with E-state index >= 15 is 0 Å². The van der Waals surface area contributed by atoms with Crippen LogP contribution in [0.1, 0.15) is 46.0 Å². The highest BCUT2D eigenvalue weighted by Crippen LogP contribution is 2.62. The number of carbonyl (C=O) groups is 2. The lowest BCUT2D eigenvalue weighted by atomic mass is 9.53. The second-order valence-electron chi connectivity index (χ2n) is 10.2. The van der Waals surface area contributed by atoms with E-state index in [1.807, 2.05) is 6.92 Å². The molecule has 7 nitrogen and oxygen atoms in total. The summed E-state index contributed by atoms with van der Waals surface area (Å²) in [6.07, 6.45) is 5.59. The molecule has 5 aliphatic rings. The molecule has 2 saturated carbocycles. The van der Waals surface area contributed by atoms with Gasteiger partial charge < -0.3 is 19.1 Å². The molecule has 0 aromatic rings. The van der Waals surface area contributed by atoms with E-state index in [1.165, 1.54) is 24.2 Å². The van der Waals surface area contributed by atoms with Gasteiger partial charge in [0.15, 0.2) is 0 Å². The lowest BCUT2D eigenvalue weighted by Crippen LogP contribution is -3.15. The number of nitrogens with zero attached hydrogens (tertiary/aromatic N) is 1. The van der Waals surface area contributed by atoms with E-state index in [9.17, 15) is 9.59 Å². The summed E-state index contributed by atoms with van der Waals surface area (Å²) in [6.45, 7) is 9.51. The van der Waals surface area contributed by atoms with E-state index in [1.54, 1.807) is 4.90 Å². The maximum absolute atomic E-state index is 12.8. The van der Waals surface area contributed by atoms with Gasteiger partial charge in [-0.25, -0.2) is 4.79 Å². The summed E-state index contributed by atoms with van der Waals surface area (Å²) in [7, 11) is 0. The molecule has 5 rings (SSSR count). The fraction of sp³-hybridized carbons (Fsp3) is 0.909. The van der Waals surface area contributed by atoms with E-state index in [0.29, 0.717) is 31.5 Å². The van der Waals surface area contributed by atoms with Crippen LogP contribution in [-0.2, 0) is 19.0 Å².